The van der Waals surface area contributed by atoms with Gasteiger partial charge in [-0.2, -0.15) is 0 Å². The first-order chi connectivity index (χ1) is 10.7. The molecule has 1 unspecified atom stereocenters. The molecule has 1 amide bonds. The van der Waals surface area contributed by atoms with Gasteiger partial charge >= 0.3 is 0 Å². The summed E-state index contributed by atoms with van der Waals surface area (Å²) >= 11 is 0. The lowest BCUT2D eigenvalue weighted by Crippen LogP contribution is -2.28. The van der Waals surface area contributed by atoms with Gasteiger partial charge in [0, 0.05) is 13.1 Å². The molecule has 4 nitrogen and oxygen atoms in total. The van der Waals surface area contributed by atoms with Crippen LogP contribution in [0.1, 0.15) is 41.9 Å². The minimum Gasteiger partial charge on any atom is -0.357 e. The molecule has 1 fully saturated rings. The Morgan fingerprint density at radius 2 is 1.82 bits per heavy atom. The Hall–Kier alpha value is -2.36. The molecule has 1 aliphatic heterocycles. The van der Waals surface area contributed by atoms with Crippen molar-refractivity contribution in [2.75, 3.05) is 18.0 Å². The van der Waals surface area contributed by atoms with E-state index in [0.717, 1.165) is 24.5 Å². The second-order valence-electron chi connectivity index (χ2n) is 5.68. The first-order valence-electron chi connectivity index (χ1n) is 7.82. The lowest BCUT2D eigenvalue weighted by Gasteiger charge is -2.18. The van der Waals surface area contributed by atoms with Crippen LogP contribution in [0.3, 0.4) is 0 Å². The predicted molar refractivity (Wildman–Crippen MR) is 88.0 cm³/mol. The van der Waals surface area contributed by atoms with Crippen molar-refractivity contribution in [1.82, 2.24) is 10.3 Å². The molecule has 1 saturated heterocycles. The number of carbonyl (C=O) groups is 1. The Bertz CT molecular complexity index is 636. The van der Waals surface area contributed by atoms with E-state index in [2.05, 4.69) is 15.2 Å². The monoisotopic (exact) mass is 295 g/mol. The van der Waals surface area contributed by atoms with Crippen molar-refractivity contribution in [1.29, 1.82) is 0 Å². The topological polar surface area (TPSA) is 45.2 Å². The molecular weight excluding hydrogens is 274 g/mol. The molecule has 1 aromatic heterocycles. The minimum absolute atomic E-state index is 0.0362. The van der Waals surface area contributed by atoms with E-state index in [1.165, 1.54) is 12.8 Å². The second kappa shape index (κ2) is 6.60. The van der Waals surface area contributed by atoms with Gasteiger partial charge < -0.3 is 10.2 Å². The summed E-state index contributed by atoms with van der Waals surface area (Å²) in [5.74, 6) is 0.773. The van der Waals surface area contributed by atoms with Crippen LogP contribution in [0.15, 0.2) is 48.5 Å². The summed E-state index contributed by atoms with van der Waals surface area (Å²) in [5, 5.41) is 3.01. The van der Waals surface area contributed by atoms with E-state index < -0.39 is 0 Å². The Kier molecular flexibility index (Phi) is 4.37. The molecule has 1 aliphatic rings. The van der Waals surface area contributed by atoms with Crippen molar-refractivity contribution in [2.45, 2.75) is 25.8 Å². The van der Waals surface area contributed by atoms with Gasteiger partial charge in [0.2, 0.25) is 0 Å². The fourth-order valence-electron chi connectivity index (χ4n) is 2.77. The first kappa shape index (κ1) is 14.6. The molecule has 0 radical (unpaired) electrons. The average Bonchev–Trinajstić information content (AvgIpc) is 3.10. The number of carbonyl (C=O) groups excluding carboxylic acids is 1. The predicted octanol–water partition coefficient (Wildman–Crippen LogP) is 3.17. The number of anilines is 1. The minimum atomic E-state index is -0.127. The number of pyridine rings is 1. The first-order valence-corrected chi connectivity index (χ1v) is 7.82. The van der Waals surface area contributed by atoms with Crippen LogP contribution < -0.4 is 10.2 Å². The van der Waals surface area contributed by atoms with Crippen LogP contribution in [-0.2, 0) is 0 Å². The van der Waals surface area contributed by atoms with E-state index in [-0.39, 0.29) is 11.9 Å². The van der Waals surface area contributed by atoms with Gasteiger partial charge in [0.15, 0.2) is 0 Å². The van der Waals surface area contributed by atoms with Crippen molar-refractivity contribution in [3.63, 3.8) is 0 Å². The maximum absolute atomic E-state index is 12.4. The molecule has 1 N–H and O–H groups in total. The molecule has 114 valence electrons. The SMILES string of the molecule is CC(NC(=O)c1cccc(N2CCCC2)n1)c1ccccc1. The quantitative estimate of drug-likeness (QED) is 0.942. The van der Waals surface area contributed by atoms with Crippen LogP contribution in [0.5, 0.6) is 0 Å². The van der Waals surface area contributed by atoms with Crippen LogP contribution >= 0.6 is 0 Å². The number of benzene rings is 1. The number of amides is 1. The van der Waals surface area contributed by atoms with Crippen molar-refractivity contribution in [3.05, 3.63) is 59.8 Å². The van der Waals surface area contributed by atoms with Gasteiger partial charge in [-0.1, -0.05) is 36.4 Å². The van der Waals surface area contributed by atoms with Crippen LogP contribution in [0.4, 0.5) is 5.82 Å². The van der Waals surface area contributed by atoms with Crippen LogP contribution in [0.25, 0.3) is 0 Å². The molecule has 1 atom stereocenters. The molecule has 0 bridgehead atoms. The summed E-state index contributed by atoms with van der Waals surface area (Å²) in [6.07, 6.45) is 2.40. The maximum atomic E-state index is 12.4. The molecule has 1 aromatic carbocycles. The Balaban J connectivity index is 1.71. The average molecular weight is 295 g/mol. The van der Waals surface area contributed by atoms with E-state index in [9.17, 15) is 4.79 Å². The number of hydrogen-bond donors (Lipinski definition) is 1. The van der Waals surface area contributed by atoms with Gasteiger partial charge in [0.1, 0.15) is 11.5 Å². The van der Waals surface area contributed by atoms with E-state index in [1.54, 1.807) is 6.07 Å². The Morgan fingerprint density at radius 1 is 1.09 bits per heavy atom. The van der Waals surface area contributed by atoms with Crippen LogP contribution in [0, 0.1) is 0 Å². The summed E-state index contributed by atoms with van der Waals surface area (Å²) in [5.41, 5.74) is 1.57. The molecule has 4 heteroatoms. The number of nitrogens with zero attached hydrogens (tertiary/aromatic N) is 2. The van der Waals surface area contributed by atoms with Crippen molar-refractivity contribution < 1.29 is 4.79 Å². The van der Waals surface area contributed by atoms with Gasteiger partial charge in [0.05, 0.1) is 6.04 Å². The number of rotatable bonds is 4. The fraction of sp³-hybridized carbons (Fsp3) is 0.333. The van der Waals surface area contributed by atoms with Crippen molar-refractivity contribution in [2.24, 2.45) is 0 Å². The highest BCUT2D eigenvalue weighted by Gasteiger charge is 2.16. The maximum Gasteiger partial charge on any atom is 0.270 e. The molecule has 2 aromatic rings. The number of aromatic nitrogens is 1. The molecule has 0 saturated carbocycles. The van der Waals surface area contributed by atoms with Gasteiger partial charge in [-0.25, -0.2) is 4.98 Å². The summed E-state index contributed by atoms with van der Waals surface area (Å²) in [7, 11) is 0. The van der Waals surface area contributed by atoms with E-state index >= 15 is 0 Å². The van der Waals surface area contributed by atoms with E-state index in [0.29, 0.717) is 5.69 Å². The summed E-state index contributed by atoms with van der Waals surface area (Å²) < 4.78 is 0. The van der Waals surface area contributed by atoms with Gasteiger partial charge in [-0.15, -0.1) is 0 Å². The zero-order valence-corrected chi connectivity index (χ0v) is 12.8. The van der Waals surface area contributed by atoms with E-state index in [4.69, 9.17) is 0 Å². The number of nitrogens with one attached hydrogen (secondary N) is 1. The third-order valence-corrected chi connectivity index (χ3v) is 4.04. The smallest absolute Gasteiger partial charge is 0.270 e. The molecule has 2 heterocycles. The summed E-state index contributed by atoms with van der Waals surface area (Å²) in [4.78, 5) is 19.2. The summed E-state index contributed by atoms with van der Waals surface area (Å²) in [6.45, 7) is 4.04. The van der Waals surface area contributed by atoms with Crippen LogP contribution in [0.2, 0.25) is 0 Å². The largest absolute Gasteiger partial charge is 0.357 e. The second-order valence-corrected chi connectivity index (χ2v) is 5.68. The third kappa shape index (κ3) is 3.27. The highest BCUT2D eigenvalue weighted by Crippen LogP contribution is 2.18. The molecule has 0 aliphatic carbocycles. The molecular formula is C18H21N3O. The zero-order valence-electron chi connectivity index (χ0n) is 12.8. The lowest BCUT2D eigenvalue weighted by molar-refractivity contribution is 0.0935. The third-order valence-electron chi connectivity index (χ3n) is 4.04. The van der Waals surface area contributed by atoms with Crippen molar-refractivity contribution in [3.8, 4) is 0 Å². The number of hydrogen-bond acceptors (Lipinski definition) is 3. The standard InChI is InChI=1S/C18H21N3O/c1-14(15-8-3-2-4-9-15)19-18(22)16-10-7-11-17(20-16)21-12-5-6-13-21/h2-4,7-11,14H,5-6,12-13H2,1H3,(H,19,22). The molecule has 0 spiro atoms. The normalized spacial score (nSPS) is 15.6. The fourth-order valence-corrected chi connectivity index (χ4v) is 2.77. The van der Waals surface area contributed by atoms with Gasteiger partial charge in [-0.3, -0.25) is 4.79 Å². The molecule has 3 rings (SSSR count). The Labute approximate surface area is 131 Å². The lowest BCUT2D eigenvalue weighted by atomic mass is 10.1. The van der Waals surface area contributed by atoms with E-state index in [1.807, 2.05) is 49.4 Å². The van der Waals surface area contributed by atoms with Crippen molar-refractivity contribution >= 4 is 11.7 Å². The zero-order chi connectivity index (χ0) is 15.4. The highest BCUT2D eigenvalue weighted by atomic mass is 16.1. The Morgan fingerprint density at radius 3 is 2.55 bits per heavy atom. The van der Waals surface area contributed by atoms with Gasteiger partial charge in [-0.05, 0) is 37.5 Å². The highest BCUT2D eigenvalue weighted by molar-refractivity contribution is 5.92. The molecule has 22 heavy (non-hydrogen) atoms. The van der Waals surface area contributed by atoms with Gasteiger partial charge in [0.25, 0.3) is 5.91 Å². The van der Waals surface area contributed by atoms with Crippen LogP contribution in [-0.4, -0.2) is 24.0 Å². The summed E-state index contributed by atoms with van der Waals surface area (Å²) in [6, 6.07) is 15.6.